The third kappa shape index (κ3) is 5.17. The summed E-state index contributed by atoms with van der Waals surface area (Å²) in [6, 6.07) is 0. The van der Waals surface area contributed by atoms with E-state index in [1.165, 1.54) is 10.6 Å². The zero-order chi connectivity index (χ0) is 16.4. The predicted octanol–water partition coefficient (Wildman–Crippen LogP) is 2.85. The zero-order valence-corrected chi connectivity index (χ0v) is 9.92. The van der Waals surface area contributed by atoms with Crippen LogP contribution in [0.5, 0.6) is 0 Å². The maximum Gasteiger partial charge on any atom is 0.455 e. The lowest BCUT2D eigenvalue weighted by Gasteiger charge is -2.23. The van der Waals surface area contributed by atoms with Crippen LogP contribution in [0.3, 0.4) is 0 Å². The number of thiocarbonyl (C=S) groups is 1. The summed E-state index contributed by atoms with van der Waals surface area (Å²) in [5.74, 6) is -10.4. The SMILES string of the molecule is FC(F)(F)C(F)(F)CNC(=S)NCC(F)(F)C(F)(F)F. The van der Waals surface area contributed by atoms with Crippen molar-refractivity contribution in [3.8, 4) is 0 Å². The van der Waals surface area contributed by atoms with E-state index < -0.39 is 42.4 Å². The van der Waals surface area contributed by atoms with Gasteiger partial charge in [0.25, 0.3) is 0 Å². The Kier molecular flexibility index (Phi) is 5.48. The minimum atomic E-state index is -5.91. The fraction of sp³-hybridized carbons (Fsp3) is 0.857. The van der Waals surface area contributed by atoms with Crippen LogP contribution in [0.2, 0.25) is 0 Å². The monoisotopic (exact) mass is 340 g/mol. The minimum Gasteiger partial charge on any atom is -0.356 e. The highest BCUT2D eigenvalue weighted by Gasteiger charge is 2.58. The molecule has 0 aromatic carbocycles. The molecule has 120 valence electrons. The number of halogens is 10. The van der Waals surface area contributed by atoms with Crippen LogP contribution in [0.1, 0.15) is 0 Å². The van der Waals surface area contributed by atoms with E-state index in [1.54, 1.807) is 0 Å². The lowest BCUT2D eigenvalue weighted by molar-refractivity contribution is -0.279. The van der Waals surface area contributed by atoms with Gasteiger partial charge in [-0.25, -0.2) is 0 Å². The molecule has 0 saturated heterocycles. The van der Waals surface area contributed by atoms with E-state index in [0.717, 1.165) is 0 Å². The molecule has 0 rings (SSSR count). The Morgan fingerprint density at radius 2 is 0.900 bits per heavy atom. The van der Waals surface area contributed by atoms with Crippen molar-refractivity contribution in [2.45, 2.75) is 24.2 Å². The van der Waals surface area contributed by atoms with E-state index >= 15 is 0 Å². The average Bonchev–Trinajstić information content (AvgIpc) is 2.20. The molecule has 0 aliphatic heterocycles. The van der Waals surface area contributed by atoms with Gasteiger partial charge in [-0.3, -0.25) is 0 Å². The van der Waals surface area contributed by atoms with Crippen molar-refractivity contribution in [1.29, 1.82) is 0 Å². The van der Waals surface area contributed by atoms with Gasteiger partial charge in [-0.2, -0.15) is 43.9 Å². The van der Waals surface area contributed by atoms with E-state index in [0.29, 0.717) is 0 Å². The van der Waals surface area contributed by atoms with Gasteiger partial charge in [0.2, 0.25) is 0 Å². The maximum atomic E-state index is 12.4. The summed E-state index contributed by atoms with van der Waals surface area (Å²) in [5, 5.41) is 1.21. The van der Waals surface area contributed by atoms with Crippen molar-refractivity contribution in [3.63, 3.8) is 0 Å². The highest BCUT2D eigenvalue weighted by atomic mass is 32.1. The molecular weight excluding hydrogens is 334 g/mol. The first-order valence-corrected chi connectivity index (χ1v) is 4.92. The molecule has 0 heterocycles. The molecule has 0 amide bonds. The van der Waals surface area contributed by atoms with Crippen molar-refractivity contribution < 1.29 is 43.9 Å². The Morgan fingerprint density at radius 1 is 0.650 bits per heavy atom. The smallest absolute Gasteiger partial charge is 0.356 e. The molecule has 0 aliphatic carbocycles. The van der Waals surface area contributed by atoms with Gasteiger partial charge in [-0.15, -0.1) is 0 Å². The molecule has 0 atom stereocenters. The third-order valence-corrected chi connectivity index (χ3v) is 2.06. The molecule has 0 spiro atoms. The molecule has 0 aromatic rings. The van der Waals surface area contributed by atoms with Crippen LogP contribution >= 0.6 is 12.2 Å². The lowest BCUT2D eigenvalue weighted by atomic mass is 10.3. The molecule has 20 heavy (non-hydrogen) atoms. The predicted molar refractivity (Wildman–Crippen MR) is 50.6 cm³/mol. The minimum absolute atomic E-state index is 1.20. The van der Waals surface area contributed by atoms with Crippen LogP contribution in [0.15, 0.2) is 0 Å². The van der Waals surface area contributed by atoms with Gasteiger partial charge >= 0.3 is 24.2 Å². The summed E-state index contributed by atoms with van der Waals surface area (Å²) in [5.41, 5.74) is 0. The van der Waals surface area contributed by atoms with Crippen LogP contribution in [-0.4, -0.2) is 42.4 Å². The summed E-state index contributed by atoms with van der Waals surface area (Å²) < 4.78 is 120. The molecule has 0 fully saturated rings. The third-order valence-electron chi connectivity index (χ3n) is 1.77. The molecule has 0 aliphatic rings. The standard InChI is InChI=1S/C7H6F10N2S/c8-4(9,6(12,13)14)1-18-3(20)19-2-5(10,11)7(15,16)17/h1-2H2,(H2,18,19,20). The summed E-state index contributed by atoms with van der Waals surface area (Å²) in [6.45, 7) is -4.19. The molecule has 2 N–H and O–H groups in total. The van der Waals surface area contributed by atoms with Crippen LogP contribution in [0.25, 0.3) is 0 Å². The second-order valence-electron chi connectivity index (χ2n) is 3.44. The van der Waals surface area contributed by atoms with Gasteiger partial charge < -0.3 is 10.6 Å². The molecule has 0 aromatic heterocycles. The highest BCUT2D eigenvalue weighted by molar-refractivity contribution is 7.80. The van der Waals surface area contributed by atoms with Gasteiger partial charge in [0.15, 0.2) is 5.11 Å². The quantitative estimate of drug-likeness (QED) is 0.608. The second kappa shape index (κ2) is 5.77. The largest absolute Gasteiger partial charge is 0.455 e. The average molecular weight is 340 g/mol. The molecule has 0 unspecified atom stereocenters. The van der Waals surface area contributed by atoms with Gasteiger partial charge in [0.05, 0.1) is 13.1 Å². The number of hydrogen-bond donors (Lipinski definition) is 2. The number of alkyl halides is 10. The van der Waals surface area contributed by atoms with Crippen molar-refractivity contribution in [2.75, 3.05) is 13.1 Å². The molecule has 0 bridgehead atoms. The Hall–Kier alpha value is -1.01. The summed E-state index contributed by atoms with van der Waals surface area (Å²) in [6.07, 6.45) is -11.8. The first-order valence-electron chi connectivity index (χ1n) is 4.51. The van der Waals surface area contributed by atoms with Crippen LogP contribution < -0.4 is 10.6 Å². The van der Waals surface area contributed by atoms with Crippen LogP contribution in [0, 0.1) is 0 Å². The van der Waals surface area contributed by atoms with Gasteiger partial charge in [0.1, 0.15) is 0 Å². The Morgan fingerprint density at radius 3 is 1.10 bits per heavy atom. The first-order chi connectivity index (χ1) is 8.60. The number of nitrogens with one attached hydrogen (secondary N) is 2. The topological polar surface area (TPSA) is 24.1 Å². The van der Waals surface area contributed by atoms with Gasteiger partial charge in [0, 0.05) is 0 Å². The Balaban J connectivity index is 4.35. The van der Waals surface area contributed by atoms with E-state index in [4.69, 9.17) is 0 Å². The van der Waals surface area contributed by atoms with Crippen molar-refractivity contribution in [1.82, 2.24) is 10.6 Å². The fourth-order valence-corrected chi connectivity index (χ4v) is 0.790. The van der Waals surface area contributed by atoms with E-state index in [-0.39, 0.29) is 0 Å². The highest BCUT2D eigenvalue weighted by Crippen LogP contribution is 2.35. The van der Waals surface area contributed by atoms with Gasteiger partial charge in [-0.05, 0) is 12.2 Å². The summed E-state index contributed by atoms with van der Waals surface area (Å²) >= 11 is 4.01. The van der Waals surface area contributed by atoms with Gasteiger partial charge in [-0.1, -0.05) is 0 Å². The normalized spacial score (nSPS) is 14.1. The van der Waals surface area contributed by atoms with E-state index in [1.807, 2.05) is 0 Å². The van der Waals surface area contributed by atoms with Crippen molar-refractivity contribution in [3.05, 3.63) is 0 Å². The zero-order valence-electron chi connectivity index (χ0n) is 9.10. The number of rotatable bonds is 4. The molecule has 2 nitrogen and oxygen atoms in total. The van der Waals surface area contributed by atoms with E-state index in [9.17, 15) is 43.9 Å². The van der Waals surface area contributed by atoms with Crippen LogP contribution in [0.4, 0.5) is 43.9 Å². The Labute approximate surface area is 110 Å². The van der Waals surface area contributed by atoms with E-state index in [2.05, 4.69) is 12.2 Å². The summed E-state index contributed by atoms with van der Waals surface area (Å²) in [4.78, 5) is 0. The lowest BCUT2D eigenvalue weighted by Crippen LogP contribution is -2.52. The summed E-state index contributed by atoms with van der Waals surface area (Å²) in [7, 11) is 0. The maximum absolute atomic E-state index is 12.4. The molecule has 13 heteroatoms. The van der Waals surface area contributed by atoms with Crippen LogP contribution in [-0.2, 0) is 0 Å². The Bertz CT molecular complexity index is 314. The van der Waals surface area contributed by atoms with Crippen molar-refractivity contribution in [2.24, 2.45) is 0 Å². The molecule has 0 saturated carbocycles. The number of hydrogen-bond acceptors (Lipinski definition) is 1. The van der Waals surface area contributed by atoms with Crippen molar-refractivity contribution >= 4 is 17.3 Å². The molecule has 0 radical (unpaired) electrons. The first kappa shape index (κ1) is 19.0. The molecular formula is C7H6F10N2S. The fourth-order valence-electron chi connectivity index (χ4n) is 0.646. The second-order valence-corrected chi connectivity index (χ2v) is 3.85.